The van der Waals surface area contributed by atoms with Crippen LogP contribution >= 0.6 is 0 Å². The smallest absolute Gasteiger partial charge is 0.349 e. The zero-order valence-corrected chi connectivity index (χ0v) is 15.9. The molecular formula is C21H21N3O4. The van der Waals surface area contributed by atoms with Crippen LogP contribution in [0.1, 0.15) is 5.56 Å². The summed E-state index contributed by atoms with van der Waals surface area (Å²) in [5.41, 5.74) is 2.03. The molecular weight excluding hydrogens is 358 g/mol. The molecule has 144 valence electrons. The molecule has 0 spiro atoms. The summed E-state index contributed by atoms with van der Waals surface area (Å²) in [7, 11) is 5.38. The number of ether oxygens (including phenoxy) is 2. The van der Waals surface area contributed by atoms with Crippen molar-refractivity contribution in [1.29, 1.82) is 5.26 Å². The number of carbonyl (C=O) groups excluding carboxylic acids is 2. The Morgan fingerprint density at radius 3 is 2.29 bits per heavy atom. The van der Waals surface area contributed by atoms with Crippen LogP contribution in [-0.2, 0) is 14.3 Å². The first-order valence-electron chi connectivity index (χ1n) is 8.43. The normalized spacial score (nSPS) is 10.6. The lowest BCUT2D eigenvalue weighted by Crippen LogP contribution is -2.21. The summed E-state index contributed by atoms with van der Waals surface area (Å²) in [4.78, 5) is 25.9. The van der Waals surface area contributed by atoms with E-state index in [1.54, 1.807) is 49.6 Å². The summed E-state index contributed by atoms with van der Waals surface area (Å²) in [6.07, 6.45) is 1.42. The lowest BCUT2D eigenvalue weighted by molar-refractivity contribution is -0.142. The van der Waals surface area contributed by atoms with Gasteiger partial charge in [-0.2, -0.15) is 5.26 Å². The number of rotatable bonds is 7. The molecule has 7 nitrogen and oxygen atoms in total. The van der Waals surface area contributed by atoms with E-state index >= 15 is 0 Å². The van der Waals surface area contributed by atoms with Crippen molar-refractivity contribution in [2.75, 3.05) is 38.0 Å². The molecule has 2 aromatic rings. The van der Waals surface area contributed by atoms with Gasteiger partial charge in [0.05, 0.1) is 7.11 Å². The topological polar surface area (TPSA) is 91.7 Å². The van der Waals surface area contributed by atoms with Crippen molar-refractivity contribution in [1.82, 2.24) is 0 Å². The van der Waals surface area contributed by atoms with Crippen molar-refractivity contribution in [2.45, 2.75) is 0 Å². The number of nitrogens with one attached hydrogen (secondary N) is 1. The molecule has 2 aromatic carbocycles. The molecule has 0 unspecified atom stereocenters. The maximum Gasteiger partial charge on any atom is 0.349 e. The average Bonchev–Trinajstić information content (AvgIpc) is 2.71. The van der Waals surface area contributed by atoms with Crippen LogP contribution in [0.4, 0.5) is 11.4 Å². The summed E-state index contributed by atoms with van der Waals surface area (Å²) >= 11 is 0. The summed E-state index contributed by atoms with van der Waals surface area (Å²) < 4.78 is 9.97. The molecule has 0 saturated heterocycles. The van der Waals surface area contributed by atoms with Gasteiger partial charge in [-0.3, -0.25) is 4.79 Å². The number of anilines is 2. The molecule has 2 rings (SSSR count). The SMILES string of the molecule is COc1ccc(NC(=O)COC(=O)/C(C#N)=C/c2ccc(N(C)C)cc2)cc1. The minimum Gasteiger partial charge on any atom is -0.497 e. The van der Waals surface area contributed by atoms with Gasteiger partial charge in [0.1, 0.15) is 17.4 Å². The van der Waals surface area contributed by atoms with Gasteiger partial charge in [-0.05, 0) is 48.0 Å². The highest BCUT2D eigenvalue weighted by Crippen LogP contribution is 2.16. The molecule has 0 fully saturated rings. The van der Waals surface area contributed by atoms with Crippen LogP contribution in [0.2, 0.25) is 0 Å². The van der Waals surface area contributed by atoms with E-state index in [-0.39, 0.29) is 5.57 Å². The zero-order valence-electron chi connectivity index (χ0n) is 15.9. The van der Waals surface area contributed by atoms with Crippen LogP contribution in [0.5, 0.6) is 5.75 Å². The third kappa shape index (κ3) is 5.88. The minimum absolute atomic E-state index is 0.185. The average molecular weight is 379 g/mol. The van der Waals surface area contributed by atoms with Crippen molar-refractivity contribution in [3.05, 3.63) is 59.7 Å². The quantitative estimate of drug-likeness (QED) is 0.452. The van der Waals surface area contributed by atoms with Gasteiger partial charge in [0.15, 0.2) is 6.61 Å². The molecule has 0 aliphatic carbocycles. The molecule has 0 heterocycles. The summed E-state index contributed by atoms with van der Waals surface area (Å²) in [6.45, 7) is -0.497. The molecule has 0 bridgehead atoms. The van der Waals surface area contributed by atoms with Gasteiger partial charge in [0.25, 0.3) is 5.91 Å². The van der Waals surface area contributed by atoms with Gasteiger partial charge in [0.2, 0.25) is 0 Å². The number of esters is 1. The predicted octanol–water partition coefficient (Wildman–Crippen LogP) is 2.85. The minimum atomic E-state index is -0.857. The van der Waals surface area contributed by atoms with Gasteiger partial charge < -0.3 is 19.7 Å². The van der Waals surface area contributed by atoms with E-state index in [2.05, 4.69) is 5.32 Å². The van der Waals surface area contributed by atoms with E-state index in [0.717, 1.165) is 5.69 Å². The Hall–Kier alpha value is -3.79. The fourth-order valence-electron chi connectivity index (χ4n) is 2.25. The number of nitriles is 1. The molecule has 1 N–H and O–H groups in total. The maximum absolute atomic E-state index is 12.1. The number of amides is 1. The van der Waals surface area contributed by atoms with Crippen molar-refractivity contribution in [3.8, 4) is 11.8 Å². The zero-order chi connectivity index (χ0) is 20.5. The number of carbonyl (C=O) groups is 2. The first-order chi connectivity index (χ1) is 13.4. The fourth-order valence-corrected chi connectivity index (χ4v) is 2.25. The molecule has 0 aliphatic heterocycles. The van der Waals surface area contributed by atoms with E-state index in [0.29, 0.717) is 17.0 Å². The van der Waals surface area contributed by atoms with Crippen LogP contribution in [0.3, 0.4) is 0 Å². The number of hydrogen-bond acceptors (Lipinski definition) is 6. The molecule has 7 heteroatoms. The highest BCUT2D eigenvalue weighted by Gasteiger charge is 2.13. The fraction of sp³-hybridized carbons (Fsp3) is 0.190. The molecule has 0 aliphatic rings. The van der Waals surface area contributed by atoms with Crippen molar-refractivity contribution >= 4 is 29.3 Å². The lowest BCUT2D eigenvalue weighted by atomic mass is 10.1. The Morgan fingerprint density at radius 1 is 1.11 bits per heavy atom. The van der Waals surface area contributed by atoms with Crippen LogP contribution in [0.15, 0.2) is 54.1 Å². The van der Waals surface area contributed by atoms with Crippen molar-refractivity contribution in [2.24, 2.45) is 0 Å². The Bertz CT molecular complexity index is 895. The van der Waals surface area contributed by atoms with E-state index in [4.69, 9.17) is 9.47 Å². The Kier molecular flexibility index (Phi) is 7.17. The van der Waals surface area contributed by atoms with Crippen molar-refractivity contribution in [3.63, 3.8) is 0 Å². The molecule has 1 amide bonds. The third-order valence-electron chi connectivity index (χ3n) is 3.77. The monoisotopic (exact) mass is 379 g/mol. The molecule has 0 radical (unpaired) electrons. The van der Waals surface area contributed by atoms with Crippen LogP contribution in [0, 0.1) is 11.3 Å². The van der Waals surface area contributed by atoms with E-state index in [1.165, 1.54) is 6.08 Å². The second-order valence-electron chi connectivity index (χ2n) is 6.01. The largest absolute Gasteiger partial charge is 0.497 e. The number of methoxy groups -OCH3 is 1. The van der Waals surface area contributed by atoms with Crippen molar-refractivity contribution < 1.29 is 19.1 Å². The maximum atomic E-state index is 12.1. The molecule has 0 saturated carbocycles. The van der Waals surface area contributed by atoms with E-state index < -0.39 is 18.5 Å². The predicted molar refractivity (Wildman–Crippen MR) is 107 cm³/mol. The lowest BCUT2D eigenvalue weighted by Gasteiger charge is -2.11. The van der Waals surface area contributed by atoms with Gasteiger partial charge in [-0.1, -0.05) is 12.1 Å². The number of benzene rings is 2. The van der Waals surface area contributed by atoms with Gasteiger partial charge in [-0.25, -0.2) is 4.79 Å². The number of hydrogen-bond donors (Lipinski definition) is 1. The number of nitrogens with zero attached hydrogens (tertiary/aromatic N) is 2. The standard InChI is InChI=1S/C21H21N3O4/c1-24(2)18-8-4-15(5-9-18)12-16(13-22)21(26)28-14-20(25)23-17-6-10-19(27-3)11-7-17/h4-12H,14H2,1-3H3,(H,23,25)/b16-12+. The second kappa shape index (κ2) is 9.78. The first-order valence-corrected chi connectivity index (χ1v) is 8.43. The van der Waals surface area contributed by atoms with Gasteiger partial charge >= 0.3 is 5.97 Å². The van der Waals surface area contributed by atoms with E-state index in [9.17, 15) is 14.9 Å². The highest BCUT2D eigenvalue weighted by molar-refractivity contribution is 6.00. The molecule has 0 atom stereocenters. The van der Waals surface area contributed by atoms with Crippen LogP contribution in [-0.4, -0.2) is 39.7 Å². The van der Waals surface area contributed by atoms with Crippen LogP contribution < -0.4 is 15.0 Å². The van der Waals surface area contributed by atoms with Crippen LogP contribution in [0.25, 0.3) is 6.08 Å². The third-order valence-corrected chi connectivity index (χ3v) is 3.77. The first kappa shape index (κ1) is 20.5. The second-order valence-corrected chi connectivity index (χ2v) is 6.01. The van der Waals surface area contributed by atoms with Gasteiger partial charge in [0, 0.05) is 25.5 Å². The molecule has 0 aromatic heterocycles. The Morgan fingerprint density at radius 2 is 1.75 bits per heavy atom. The van der Waals surface area contributed by atoms with Gasteiger partial charge in [-0.15, -0.1) is 0 Å². The highest BCUT2D eigenvalue weighted by atomic mass is 16.5. The summed E-state index contributed by atoms with van der Waals surface area (Å²) in [6, 6.07) is 15.8. The van der Waals surface area contributed by atoms with E-state index in [1.807, 2.05) is 31.1 Å². The summed E-state index contributed by atoms with van der Waals surface area (Å²) in [5.74, 6) is -0.706. The molecule has 28 heavy (non-hydrogen) atoms. The Balaban J connectivity index is 1.93. The Labute approximate surface area is 163 Å². The summed E-state index contributed by atoms with van der Waals surface area (Å²) in [5, 5.41) is 11.8.